The van der Waals surface area contributed by atoms with Gasteiger partial charge in [0.25, 0.3) is 0 Å². The molecule has 6 heteroatoms. The molecule has 0 saturated heterocycles. The number of rotatable bonds is 5. The van der Waals surface area contributed by atoms with Gasteiger partial charge in [-0.3, -0.25) is 0 Å². The topological polar surface area (TPSA) is 64.6 Å². The van der Waals surface area contributed by atoms with Gasteiger partial charge in [-0.25, -0.2) is 8.42 Å². The summed E-state index contributed by atoms with van der Waals surface area (Å²) in [5.41, 5.74) is 0. The van der Waals surface area contributed by atoms with Gasteiger partial charge in [0.2, 0.25) is 10.0 Å². The second kappa shape index (κ2) is 6.16. The van der Waals surface area contributed by atoms with Crippen LogP contribution >= 0.6 is 0 Å². The highest BCUT2D eigenvalue weighted by molar-refractivity contribution is 7.89. The number of terminal acetylenes is 1. The number of nitrogens with one attached hydrogen (secondary N) is 1. The first-order chi connectivity index (χ1) is 9.56. The van der Waals surface area contributed by atoms with Crippen LogP contribution in [-0.4, -0.2) is 27.7 Å². The van der Waals surface area contributed by atoms with E-state index in [-0.39, 0.29) is 4.90 Å². The van der Waals surface area contributed by atoms with Crippen LogP contribution in [0.2, 0.25) is 0 Å². The molecule has 1 unspecified atom stereocenters. The first-order valence-electron chi connectivity index (χ1n) is 6.45. The van der Waals surface area contributed by atoms with Gasteiger partial charge in [0.15, 0.2) is 11.5 Å². The monoisotopic (exact) mass is 295 g/mol. The molecule has 0 radical (unpaired) electrons. The van der Waals surface area contributed by atoms with Crippen LogP contribution in [0.25, 0.3) is 0 Å². The van der Waals surface area contributed by atoms with Gasteiger partial charge in [0.05, 0.1) is 10.9 Å². The van der Waals surface area contributed by atoms with Crippen molar-refractivity contribution in [3.05, 3.63) is 18.2 Å². The Kier molecular flexibility index (Phi) is 4.53. The summed E-state index contributed by atoms with van der Waals surface area (Å²) in [6, 6.07) is 4.03. The lowest BCUT2D eigenvalue weighted by atomic mass is 10.2. The van der Waals surface area contributed by atoms with E-state index in [2.05, 4.69) is 10.6 Å². The molecule has 1 aromatic rings. The fourth-order valence-electron chi connectivity index (χ4n) is 1.91. The molecule has 1 aliphatic rings. The smallest absolute Gasteiger partial charge is 0.241 e. The molecule has 1 N–H and O–H groups in total. The fraction of sp³-hybridized carbons (Fsp3) is 0.429. The van der Waals surface area contributed by atoms with E-state index >= 15 is 0 Å². The Bertz CT molecular complexity index is 619. The van der Waals surface area contributed by atoms with E-state index in [0.29, 0.717) is 31.1 Å². The lowest BCUT2D eigenvalue weighted by Crippen LogP contribution is -2.33. The molecule has 0 bridgehead atoms. The minimum atomic E-state index is -3.66. The van der Waals surface area contributed by atoms with Crippen molar-refractivity contribution in [3.8, 4) is 23.8 Å². The Morgan fingerprint density at radius 2 is 2.05 bits per heavy atom. The van der Waals surface area contributed by atoms with E-state index in [0.717, 1.165) is 6.42 Å². The standard InChI is InChI=1S/C14H17NO4S/c1-3-5-11(4-2)15-20(16,17)12-6-7-13-14(10-12)19-9-8-18-13/h2,6-7,10-11,15H,3,5,8-9H2,1H3. The third-order valence-electron chi connectivity index (χ3n) is 2.90. The second-order valence-corrected chi connectivity index (χ2v) is 6.15. The van der Waals surface area contributed by atoms with Crippen LogP contribution in [0.15, 0.2) is 23.1 Å². The van der Waals surface area contributed by atoms with E-state index in [9.17, 15) is 8.42 Å². The van der Waals surface area contributed by atoms with Crippen LogP contribution < -0.4 is 14.2 Å². The van der Waals surface area contributed by atoms with Crippen LogP contribution in [-0.2, 0) is 10.0 Å². The predicted octanol–water partition coefficient (Wildman–Crippen LogP) is 1.54. The molecule has 1 atom stereocenters. The summed E-state index contributed by atoms with van der Waals surface area (Å²) in [7, 11) is -3.66. The number of fused-ring (bicyclic) bond motifs is 1. The largest absolute Gasteiger partial charge is 0.486 e. The number of hydrogen-bond acceptors (Lipinski definition) is 4. The van der Waals surface area contributed by atoms with E-state index in [1.807, 2.05) is 6.92 Å². The van der Waals surface area contributed by atoms with E-state index in [1.54, 1.807) is 6.07 Å². The van der Waals surface area contributed by atoms with Gasteiger partial charge in [-0.15, -0.1) is 6.42 Å². The van der Waals surface area contributed by atoms with Crippen LogP contribution in [0.5, 0.6) is 11.5 Å². The third-order valence-corrected chi connectivity index (χ3v) is 4.37. The maximum absolute atomic E-state index is 12.3. The summed E-state index contributed by atoms with van der Waals surface area (Å²) in [6.45, 7) is 2.82. The van der Waals surface area contributed by atoms with E-state index in [1.165, 1.54) is 12.1 Å². The molecule has 0 aliphatic carbocycles. The Morgan fingerprint density at radius 1 is 1.35 bits per heavy atom. The van der Waals surface area contributed by atoms with E-state index < -0.39 is 16.1 Å². The van der Waals surface area contributed by atoms with Crippen LogP contribution in [0.1, 0.15) is 19.8 Å². The molecule has 0 spiro atoms. The van der Waals surface area contributed by atoms with E-state index in [4.69, 9.17) is 15.9 Å². The summed E-state index contributed by atoms with van der Waals surface area (Å²) in [5.74, 6) is 3.43. The van der Waals surface area contributed by atoms with Gasteiger partial charge in [0, 0.05) is 6.07 Å². The number of hydrogen-bond donors (Lipinski definition) is 1. The summed E-state index contributed by atoms with van der Waals surface area (Å²) in [6.07, 6.45) is 6.73. The molecule has 0 saturated carbocycles. The maximum atomic E-state index is 12.3. The third kappa shape index (κ3) is 3.24. The van der Waals surface area contributed by atoms with Crippen molar-refractivity contribution >= 4 is 10.0 Å². The van der Waals surface area contributed by atoms with Gasteiger partial charge in [0.1, 0.15) is 13.2 Å². The lowest BCUT2D eigenvalue weighted by molar-refractivity contribution is 0.171. The number of ether oxygens (including phenoxy) is 2. The zero-order chi connectivity index (χ0) is 14.6. The average molecular weight is 295 g/mol. The van der Waals surface area contributed by atoms with Gasteiger partial charge in [-0.2, -0.15) is 4.72 Å². The summed E-state index contributed by atoms with van der Waals surface area (Å²) >= 11 is 0. The molecule has 0 aromatic heterocycles. The van der Waals surface area contributed by atoms with Crippen molar-refractivity contribution in [2.24, 2.45) is 0 Å². The van der Waals surface area contributed by atoms with Crippen molar-refractivity contribution in [3.63, 3.8) is 0 Å². The minimum absolute atomic E-state index is 0.123. The zero-order valence-electron chi connectivity index (χ0n) is 11.3. The molecular weight excluding hydrogens is 278 g/mol. The summed E-state index contributed by atoms with van der Waals surface area (Å²) < 4.78 is 37.8. The molecule has 108 valence electrons. The second-order valence-electron chi connectivity index (χ2n) is 4.43. The quantitative estimate of drug-likeness (QED) is 0.837. The Hall–Kier alpha value is -1.71. The molecule has 1 heterocycles. The molecule has 20 heavy (non-hydrogen) atoms. The Balaban J connectivity index is 2.23. The molecule has 5 nitrogen and oxygen atoms in total. The first-order valence-corrected chi connectivity index (χ1v) is 7.93. The van der Waals surface area contributed by atoms with Crippen LogP contribution in [0.4, 0.5) is 0 Å². The molecular formula is C14H17NO4S. The highest BCUT2D eigenvalue weighted by Crippen LogP contribution is 2.32. The predicted molar refractivity (Wildman–Crippen MR) is 75.3 cm³/mol. The highest BCUT2D eigenvalue weighted by Gasteiger charge is 2.21. The highest BCUT2D eigenvalue weighted by atomic mass is 32.2. The first kappa shape index (κ1) is 14.7. The summed E-state index contributed by atoms with van der Waals surface area (Å²) in [4.78, 5) is 0.123. The van der Waals surface area contributed by atoms with Gasteiger partial charge in [-0.05, 0) is 18.6 Å². The van der Waals surface area contributed by atoms with Gasteiger partial charge < -0.3 is 9.47 Å². The molecule has 1 aromatic carbocycles. The molecule has 0 fully saturated rings. The van der Waals surface area contributed by atoms with Crippen LogP contribution in [0, 0.1) is 12.3 Å². The van der Waals surface area contributed by atoms with Crippen molar-refractivity contribution in [2.45, 2.75) is 30.7 Å². The minimum Gasteiger partial charge on any atom is -0.486 e. The molecule has 2 rings (SSSR count). The molecule has 0 amide bonds. The number of benzene rings is 1. The van der Waals surface area contributed by atoms with Crippen molar-refractivity contribution in [2.75, 3.05) is 13.2 Å². The fourth-order valence-corrected chi connectivity index (χ4v) is 3.12. The Labute approximate surface area is 119 Å². The Morgan fingerprint density at radius 3 is 2.70 bits per heavy atom. The van der Waals surface area contributed by atoms with Gasteiger partial charge in [-0.1, -0.05) is 19.3 Å². The maximum Gasteiger partial charge on any atom is 0.241 e. The van der Waals surface area contributed by atoms with Crippen molar-refractivity contribution in [1.29, 1.82) is 0 Å². The average Bonchev–Trinajstić information content (AvgIpc) is 2.46. The zero-order valence-corrected chi connectivity index (χ0v) is 12.1. The lowest BCUT2D eigenvalue weighted by Gasteiger charge is -2.19. The van der Waals surface area contributed by atoms with Gasteiger partial charge >= 0.3 is 0 Å². The summed E-state index contributed by atoms with van der Waals surface area (Å²) in [5, 5.41) is 0. The van der Waals surface area contributed by atoms with Crippen molar-refractivity contribution < 1.29 is 17.9 Å². The SMILES string of the molecule is C#CC(CCC)NS(=O)(=O)c1ccc2c(c1)OCCO2. The normalized spacial score (nSPS) is 15.4. The van der Waals surface area contributed by atoms with Crippen LogP contribution in [0.3, 0.4) is 0 Å². The van der Waals surface area contributed by atoms with Crippen molar-refractivity contribution in [1.82, 2.24) is 4.72 Å². The molecule has 1 aliphatic heterocycles. The number of sulfonamides is 1.